The number of anilines is 1. The molecule has 27 heavy (non-hydrogen) atoms. The predicted octanol–water partition coefficient (Wildman–Crippen LogP) is 0.719. The van der Waals surface area contributed by atoms with Crippen LogP contribution >= 0.6 is 0 Å². The number of aryl methyl sites for hydroxylation is 1. The Morgan fingerprint density at radius 1 is 1.41 bits per heavy atom. The van der Waals surface area contributed by atoms with E-state index < -0.39 is 0 Å². The van der Waals surface area contributed by atoms with Gasteiger partial charge in [0, 0.05) is 26.7 Å². The van der Waals surface area contributed by atoms with Crippen molar-refractivity contribution in [1.29, 1.82) is 0 Å². The number of fused-ring (bicyclic) bond motifs is 1. The van der Waals surface area contributed by atoms with Crippen LogP contribution < -0.4 is 15.0 Å². The number of aromatic nitrogens is 3. The maximum absolute atomic E-state index is 12.3. The smallest absolute Gasteiger partial charge is 0.253 e. The standard InChI is InChI=1S/C18H24N6O3/c1-11-20-16(22-21-11)9-19-17(25)8-13-10-27-15-6-5-12(18(26)23(2)3)7-14(15)24(13)4/h5-7,13H,8-10H2,1-4H3,(H,19,25)(H,20,21,22). The van der Waals surface area contributed by atoms with Gasteiger partial charge in [0.05, 0.1) is 24.7 Å². The maximum Gasteiger partial charge on any atom is 0.253 e. The Morgan fingerprint density at radius 3 is 2.85 bits per heavy atom. The van der Waals surface area contributed by atoms with E-state index in [1.165, 1.54) is 4.90 Å². The molecule has 0 aliphatic carbocycles. The molecule has 9 nitrogen and oxygen atoms in total. The first-order valence-electron chi connectivity index (χ1n) is 8.71. The van der Waals surface area contributed by atoms with Crippen molar-refractivity contribution >= 4 is 17.5 Å². The van der Waals surface area contributed by atoms with Gasteiger partial charge < -0.3 is 19.9 Å². The van der Waals surface area contributed by atoms with Crippen LogP contribution in [0.25, 0.3) is 0 Å². The van der Waals surface area contributed by atoms with Gasteiger partial charge in [0.1, 0.15) is 18.2 Å². The fraction of sp³-hybridized carbons (Fsp3) is 0.444. The minimum absolute atomic E-state index is 0.0761. The van der Waals surface area contributed by atoms with E-state index in [1.807, 2.05) is 11.9 Å². The fourth-order valence-electron chi connectivity index (χ4n) is 2.93. The highest BCUT2D eigenvalue weighted by molar-refractivity contribution is 5.95. The Kier molecular flexibility index (Phi) is 5.29. The van der Waals surface area contributed by atoms with Crippen LogP contribution in [0.1, 0.15) is 28.4 Å². The van der Waals surface area contributed by atoms with Gasteiger partial charge in [0.2, 0.25) is 5.91 Å². The summed E-state index contributed by atoms with van der Waals surface area (Å²) in [7, 11) is 5.33. The summed E-state index contributed by atoms with van der Waals surface area (Å²) < 4.78 is 5.79. The predicted molar refractivity (Wildman–Crippen MR) is 99.7 cm³/mol. The topological polar surface area (TPSA) is 103 Å². The molecule has 1 aromatic carbocycles. The van der Waals surface area contributed by atoms with E-state index >= 15 is 0 Å². The SMILES string of the molecule is Cc1nc(CNC(=O)CC2COc3ccc(C(=O)N(C)C)cc3N2C)n[nH]1. The lowest BCUT2D eigenvalue weighted by Gasteiger charge is -2.35. The van der Waals surface area contributed by atoms with Crippen molar-refractivity contribution in [1.82, 2.24) is 25.4 Å². The molecule has 1 aromatic heterocycles. The first-order chi connectivity index (χ1) is 12.8. The lowest BCUT2D eigenvalue weighted by atomic mass is 10.1. The lowest BCUT2D eigenvalue weighted by Crippen LogP contribution is -2.43. The van der Waals surface area contributed by atoms with Crippen molar-refractivity contribution in [3.8, 4) is 5.75 Å². The van der Waals surface area contributed by atoms with Crippen LogP contribution in [-0.2, 0) is 11.3 Å². The van der Waals surface area contributed by atoms with Gasteiger partial charge >= 0.3 is 0 Å². The van der Waals surface area contributed by atoms with Crippen molar-refractivity contribution in [3.63, 3.8) is 0 Å². The van der Waals surface area contributed by atoms with Gasteiger partial charge in [-0.15, -0.1) is 0 Å². The van der Waals surface area contributed by atoms with Crippen molar-refractivity contribution < 1.29 is 14.3 Å². The highest BCUT2D eigenvalue weighted by Crippen LogP contribution is 2.34. The van der Waals surface area contributed by atoms with Crippen molar-refractivity contribution in [2.45, 2.75) is 25.9 Å². The number of H-pyrrole nitrogens is 1. The van der Waals surface area contributed by atoms with Crippen LogP contribution in [0.5, 0.6) is 5.75 Å². The molecule has 2 N–H and O–H groups in total. The summed E-state index contributed by atoms with van der Waals surface area (Å²) >= 11 is 0. The highest BCUT2D eigenvalue weighted by atomic mass is 16.5. The summed E-state index contributed by atoms with van der Waals surface area (Å²) in [6, 6.07) is 5.22. The minimum Gasteiger partial charge on any atom is -0.489 e. The molecule has 2 aromatic rings. The van der Waals surface area contributed by atoms with Crippen molar-refractivity contribution in [2.24, 2.45) is 0 Å². The molecule has 3 rings (SSSR count). The second-order valence-corrected chi connectivity index (χ2v) is 6.78. The molecule has 0 saturated heterocycles. The van der Waals surface area contributed by atoms with Crippen molar-refractivity contribution in [2.75, 3.05) is 32.6 Å². The number of amides is 2. The molecule has 0 radical (unpaired) electrons. The molecule has 0 saturated carbocycles. The molecule has 0 bridgehead atoms. The summed E-state index contributed by atoms with van der Waals surface area (Å²) in [6.07, 6.45) is 0.269. The fourth-order valence-corrected chi connectivity index (χ4v) is 2.93. The van der Waals surface area contributed by atoms with E-state index in [-0.39, 0.29) is 30.8 Å². The second kappa shape index (κ2) is 7.65. The number of carbonyl (C=O) groups is 2. The Bertz CT molecular complexity index is 847. The summed E-state index contributed by atoms with van der Waals surface area (Å²) in [5.74, 6) is 1.78. The molecule has 1 aliphatic heterocycles. The first kappa shape index (κ1) is 18.7. The van der Waals surface area contributed by atoms with Crippen LogP contribution in [0.15, 0.2) is 18.2 Å². The van der Waals surface area contributed by atoms with Gasteiger partial charge in [0.15, 0.2) is 5.82 Å². The number of nitrogens with zero attached hydrogens (tertiary/aromatic N) is 4. The molecular weight excluding hydrogens is 348 g/mol. The Balaban J connectivity index is 1.64. The molecule has 1 atom stereocenters. The van der Waals surface area contributed by atoms with Crippen LogP contribution in [0, 0.1) is 6.92 Å². The summed E-state index contributed by atoms with van der Waals surface area (Å²) in [5.41, 5.74) is 1.38. The number of hydrogen-bond acceptors (Lipinski definition) is 6. The van der Waals surface area contributed by atoms with Crippen LogP contribution in [0.3, 0.4) is 0 Å². The van der Waals surface area contributed by atoms with Gasteiger partial charge in [-0.2, -0.15) is 5.10 Å². The Labute approximate surface area is 157 Å². The molecule has 144 valence electrons. The van der Waals surface area contributed by atoms with Gasteiger partial charge in [-0.3, -0.25) is 14.7 Å². The van der Waals surface area contributed by atoms with Crippen molar-refractivity contribution in [3.05, 3.63) is 35.4 Å². The molecule has 1 aliphatic rings. The number of aromatic amines is 1. The number of rotatable bonds is 5. The molecule has 0 fully saturated rings. The van der Waals surface area contributed by atoms with Gasteiger partial charge in [0.25, 0.3) is 5.91 Å². The Morgan fingerprint density at radius 2 is 2.19 bits per heavy atom. The van der Waals surface area contributed by atoms with E-state index in [9.17, 15) is 9.59 Å². The van der Waals surface area contributed by atoms with Crippen LogP contribution in [-0.4, -0.2) is 65.7 Å². The van der Waals surface area contributed by atoms with E-state index in [2.05, 4.69) is 20.5 Å². The van der Waals surface area contributed by atoms with Gasteiger partial charge in [-0.05, 0) is 25.1 Å². The van der Waals surface area contributed by atoms with Gasteiger partial charge in [-0.1, -0.05) is 0 Å². The number of likely N-dealkylation sites (N-methyl/N-ethyl adjacent to an activating group) is 1. The third-order valence-electron chi connectivity index (χ3n) is 4.48. The largest absolute Gasteiger partial charge is 0.489 e. The second-order valence-electron chi connectivity index (χ2n) is 6.78. The average Bonchev–Trinajstić information content (AvgIpc) is 3.07. The zero-order valence-electron chi connectivity index (χ0n) is 15.9. The number of nitrogens with one attached hydrogen (secondary N) is 2. The summed E-state index contributed by atoms with van der Waals surface area (Å²) in [5, 5.41) is 9.56. The third-order valence-corrected chi connectivity index (χ3v) is 4.48. The number of benzene rings is 1. The summed E-state index contributed by atoms with van der Waals surface area (Å²) in [6.45, 7) is 2.48. The highest BCUT2D eigenvalue weighted by Gasteiger charge is 2.27. The zero-order chi connectivity index (χ0) is 19.6. The molecule has 1 unspecified atom stereocenters. The lowest BCUT2D eigenvalue weighted by molar-refractivity contribution is -0.121. The van der Waals surface area contributed by atoms with E-state index in [0.29, 0.717) is 29.6 Å². The monoisotopic (exact) mass is 372 g/mol. The third kappa shape index (κ3) is 4.18. The molecule has 2 amide bonds. The van der Waals surface area contributed by atoms with Gasteiger partial charge in [-0.25, -0.2) is 4.98 Å². The first-order valence-corrected chi connectivity index (χ1v) is 8.71. The summed E-state index contributed by atoms with van der Waals surface area (Å²) in [4.78, 5) is 32.2. The zero-order valence-corrected chi connectivity index (χ0v) is 15.9. The average molecular weight is 372 g/mol. The molecule has 9 heteroatoms. The minimum atomic E-state index is -0.129. The Hall–Kier alpha value is -3.10. The number of ether oxygens (including phenoxy) is 1. The number of hydrogen-bond donors (Lipinski definition) is 2. The quantitative estimate of drug-likeness (QED) is 0.802. The molecule has 2 heterocycles. The van der Waals surface area contributed by atoms with Crippen LogP contribution in [0.4, 0.5) is 5.69 Å². The molecular formula is C18H24N6O3. The van der Waals surface area contributed by atoms with Crippen LogP contribution in [0.2, 0.25) is 0 Å². The number of carbonyl (C=O) groups excluding carboxylic acids is 2. The van der Waals surface area contributed by atoms with E-state index in [0.717, 1.165) is 5.69 Å². The maximum atomic E-state index is 12.3. The van der Waals surface area contributed by atoms with E-state index in [4.69, 9.17) is 4.74 Å². The van der Waals surface area contributed by atoms with E-state index in [1.54, 1.807) is 39.2 Å². The molecule has 0 spiro atoms. The normalized spacial score (nSPS) is 15.7.